The summed E-state index contributed by atoms with van der Waals surface area (Å²) in [6.07, 6.45) is 3.84. The molecule has 0 unspecified atom stereocenters. The van der Waals surface area contributed by atoms with Crippen LogP contribution in [0.25, 0.3) is 0 Å². The highest BCUT2D eigenvalue weighted by Gasteiger charge is 2.17. The van der Waals surface area contributed by atoms with Gasteiger partial charge in [0.05, 0.1) is 0 Å². The zero-order valence-corrected chi connectivity index (χ0v) is 9.68. The summed E-state index contributed by atoms with van der Waals surface area (Å²) in [5.41, 5.74) is 1.28. The molecule has 2 heteroatoms. The SMILES string of the molecule is C=C(C)CN1CCC(NCCC)CC1. The summed E-state index contributed by atoms with van der Waals surface area (Å²) in [5, 5.41) is 3.60. The Balaban J connectivity index is 2.14. The van der Waals surface area contributed by atoms with E-state index in [9.17, 15) is 0 Å². The standard InChI is InChI=1S/C12H24N2/c1-4-7-13-12-5-8-14(9-6-12)10-11(2)3/h12-13H,2,4-10H2,1,3H3. The van der Waals surface area contributed by atoms with E-state index in [0.717, 1.165) is 12.6 Å². The lowest BCUT2D eigenvalue weighted by Crippen LogP contribution is -2.43. The summed E-state index contributed by atoms with van der Waals surface area (Å²) in [6.45, 7) is 13.0. The first-order chi connectivity index (χ1) is 6.72. The Morgan fingerprint density at radius 1 is 1.43 bits per heavy atom. The molecule has 0 radical (unpaired) electrons. The number of hydrogen-bond acceptors (Lipinski definition) is 2. The van der Waals surface area contributed by atoms with E-state index in [0.29, 0.717) is 0 Å². The second-order valence-electron chi connectivity index (χ2n) is 4.46. The lowest BCUT2D eigenvalue weighted by atomic mass is 10.0. The first-order valence-electron chi connectivity index (χ1n) is 5.82. The van der Waals surface area contributed by atoms with Crippen LogP contribution in [-0.2, 0) is 0 Å². The highest BCUT2D eigenvalue weighted by atomic mass is 15.1. The summed E-state index contributed by atoms with van der Waals surface area (Å²) in [6, 6.07) is 0.760. The fourth-order valence-corrected chi connectivity index (χ4v) is 2.03. The van der Waals surface area contributed by atoms with Crippen LogP contribution in [0.2, 0.25) is 0 Å². The van der Waals surface area contributed by atoms with Gasteiger partial charge in [-0.2, -0.15) is 0 Å². The molecule has 1 fully saturated rings. The van der Waals surface area contributed by atoms with Gasteiger partial charge >= 0.3 is 0 Å². The number of piperidine rings is 1. The number of nitrogens with zero attached hydrogens (tertiary/aromatic N) is 1. The lowest BCUT2D eigenvalue weighted by Gasteiger charge is -2.32. The summed E-state index contributed by atoms with van der Waals surface area (Å²) >= 11 is 0. The van der Waals surface area contributed by atoms with Crippen molar-refractivity contribution in [3.05, 3.63) is 12.2 Å². The van der Waals surface area contributed by atoms with Crippen LogP contribution >= 0.6 is 0 Å². The van der Waals surface area contributed by atoms with Gasteiger partial charge in [0.2, 0.25) is 0 Å². The Hall–Kier alpha value is -0.340. The molecule has 0 bridgehead atoms. The van der Waals surface area contributed by atoms with E-state index in [4.69, 9.17) is 0 Å². The Bertz CT molecular complexity index is 169. The Labute approximate surface area is 88.4 Å². The molecule has 0 aromatic rings. The number of nitrogens with one attached hydrogen (secondary N) is 1. The van der Waals surface area contributed by atoms with E-state index in [2.05, 4.69) is 30.6 Å². The van der Waals surface area contributed by atoms with Crippen molar-refractivity contribution in [1.29, 1.82) is 0 Å². The van der Waals surface area contributed by atoms with Crippen molar-refractivity contribution in [3.8, 4) is 0 Å². The van der Waals surface area contributed by atoms with Crippen LogP contribution in [-0.4, -0.2) is 37.1 Å². The van der Waals surface area contributed by atoms with Crippen LogP contribution in [0.5, 0.6) is 0 Å². The van der Waals surface area contributed by atoms with Gasteiger partial charge in [-0.25, -0.2) is 0 Å². The average molecular weight is 196 g/mol. The summed E-state index contributed by atoms with van der Waals surface area (Å²) in [7, 11) is 0. The van der Waals surface area contributed by atoms with Gasteiger partial charge in [0.1, 0.15) is 0 Å². The van der Waals surface area contributed by atoms with Crippen molar-refractivity contribution >= 4 is 0 Å². The van der Waals surface area contributed by atoms with Gasteiger partial charge in [-0.05, 0) is 45.8 Å². The number of rotatable bonds is 5. The summed E-state index contributed by atoms with van der Waals surface area (Å²) in [5.74, 6) is 0. The third kappa shape index (κ3) is 4.25. The largest absolute Gasteiger partial charge is 0.314 e. The van der Waals surface area contributed by atoms with Gasteiger partial charge in [0, 0.05) is 12.6 Å². The molecular weight excluding hydrogens is 172 g/mol. The molecule has 14 heavy (non-hydrogen) atoms. The molecule has 1 saturated heterocycles. The third-order valence-corrected chi connectivity index (χ3v) is 2.76. The maximum Gasteiger partial charge on any atom is 0.0187 e. The zero-order valence-electron chi connectivity index (χ0n) is 9.68. The first kappa shape index (κ1) is 11.7. The monoisotopic (exact) mass is 196 g/mol. The Morgan fingerprint density at radius 2 is 2.07 bits per heavy atom. The van der Waals surface area contributed by atoms with Crippen molar-refractivity contribution in [2.45, 2.75) is 39.2 Å². The first-order valence-corrected chi connectivity index (χ1v) is 5.82. The molecule has 0 aromatic heterocycles. The molecule has 0 saturated carbocycles. The molecule has 0 amide bonds. The van der Waals surface area contributed by atoms with Crippen LogP contribution in [0.3, 0.4) is 0 Å². The molecule has 1 aliphatic heterocycles. The van der Waals surface area contributed by atoms with Gasteiger partial charge < -0.3 is 5.32 Å². The molecule has 1 heterocycles. The second-order valence-corrected chi connectivity index (χ2v) is 4.46. The number of hydrogen-bond donors (Lipinski definition) is 1. The maximum absolute atomic E-state index is 3.96. The van der Waals surface area contributed by atoms with Crippen LogP contribution < -0.4 is 5.32 Å². The Morgan fingerprint density at radius 3 is 2.57 bits per heavy atom. The Kier molecular flexibility index (Phi) is 5.20. The minimum absolute atomic E-state index is 0.760. The minimum atomic E-state index is 0.760. The van der Waals surface area contributed by atoms with E-state index in [1.165, 1.54) is 44.5 Å². The smallest absolute Gasteiger partial charge is 0.0187 e. The lowest BCUT2D eigenvalue weighted by molar-refractivity contribution is 0.212. The zero-order chi connectivity index (χ0) is 10.4. The highest BCUT2D eigenvalue weighted by molar-refractivity contribution is 4.93. The van der Waals surface area contributed by atoms with Crippen LogP contribution in [0, 0.1) is 0 Å². The van der Waals surface area contributed by atoms with Gasteiger partial charge in [-0.15, -0.1) is 0 Å². The van der Waals surface area contributed by atoms with E-state index < -0.39 is 0 Å². The molecule has 1 N–H and O–H groups in total. The average Bonchev–Trinajstić information content (AvgIpc) is 2.16. The predicted octanol–water partition coefficient (Wildman–Crippen LogP) is 2.03. The van der Waals surface area contributed by atoms with Crippen molar-refractivity contribution in [2.24, 2.45) is 0 Å². The van der Waals surface area contributed by atoms with Crippen LogP contribution in [0.1, 0.15) is 33.1 Å². The molecule has 1 rings (SSSR count). The topological polar surface area (TPSA) is 15.3 Å². The van der Waals surface area contributed by atoms with E-state index in [1.54, 1.807) is 0 Å². The van der Waals surface area contributed by atoms with Crippen molar-refractivity contribution in [1.82, 2.24) is 10.2 Å². The molecule has 0 atom stereocenters. The fraction of sp³-hybridized carbons (Fsp3) is 0.833. The third-order valence-electron chi connectivity index (χ3n) is 2.76. The van der Waals surface area contributed by atoms with E-state index in [-0.39, 0.29) is 0 Å². The van der Waals surface area contributed by atoms with Gasteiger partial charge in [0.15, 0.2) is 0 Å². The number of likely N-dealkylation sites (tertiary alicyclic amines) is 1. The molecule has 1 aliphatic rings. The summed E-state index contributed by atoms with van der Waals surface area (Å²) in [4.78, 5) is 2.51. The molecular formula is C12H24N2. The molecule has 82 valence electrons. The van der Waals surface area contributed by atoms with Gasteiger partial charge in [0.25, 0.3) is 0 Å². The molecule has 0 spiro atoms. The van der Waals surface area contributed by atoms with Crippen LogP contribution in [0.4, 0.5) is 0 Å². The van der Waals surface area contributed by atoms with E-state index in [1.807, 2.05) is 0 Å². The van der Waals surface area contributed by atoms with Crippen LogP contribution in [0.15, 0.2) is 12.2 Å². The molecule has 2 nitrogen and oxygen atoms in total. The molecule has 0 aromatic carbocycles. The van der Waals surface area contributed by atoms with Gasteiger partial charge in [-0.1, -0.05) is 19.1 Å². The summed E-state index contributed by atoms with van der Waals surface area (Å²) < 4.78 is 0. The minimum Gasteiger partial charge on any atom is -0.314 e. The second kappa shape index (κ2) is 6.20. The highest BCUT2D eigenvalue weighted by Crippen LogP contribution is 2.11. The van der Waals surface area contributed by atoms with Crippen molar-refractivity contribution < 1.29 is 0 Å². The normalized spacial score (nSPS) is 19.9. The van der Waals surface area contributed by atoms with Crippen molar-refractivity contribution in [3.63, 3.8) is 0 Å². The van der Waals surface area contributed by atoms with Crippen molar-refractivity contribution in [2.75, 3.05) is 26.2 Å². The predicted molar refractivity (Wildman–Crippen MR) is 62.6 cm³/mol. The van der Waals surface area contributed by atoms with E-state index >= 15 is 0 Å². The maximum atomic E-state index is 3.96. The fourth-order valence-electron chi connectivity index (χ4n) is 2.03. The van der Waals surface area contributed by atoms with Gasteiger partial charge in [-0.3, -0.25) is 4.90 Å². The quantitative estimate of drug-likeness (QED) is 0.677. The molecule has 0 aliphatic carbocycles.